The average molecular weight is 187 g/mol. The van der Waals surface area contributed by atoms with Gasteiger partial charge in [-0.25, -0.2) is 9.78 Å². The number of hydrogen-bond donors (Lipinski definition) is 1. The summed E-state index contributed by atoms with van der Waals surface area (Å²) in [7, 11) is 1.40. The third kappa shape index (κ3) is 1.59. The first-order valence-corrected chi connectivity index (χ1v) is 3.74. The molecule has 1 aromatic heterocycles. The summed E-state index contributed by atoms with van der Waals surface area (Å²) in [6.07, 6.45) is 1.18. The van der Waals surface area contributed by atoms with Crippen LogP contribution in [0.15, 0.2) is 6.20 Å². The number of rotatable bonds is 3. The van der Waals surface area contributed by atoms with Crippen molar-refractivity contribution in [1.29, 1.82) is 0 Å². The minimum Gasteiger partial charge on any atom is -0.475 e. The second-order valence-electron chi connectivity index (χ2n) is 1.83. The predicted molar refractivity (Wildman–Crippen MR) is 40.6 cm³/mol. The second-order valence-corrected chi connectivity index (χ2v) is 2.82. The highest BCUT2D eigenvalue weighted by molar-refractivity contribution is 7.16. The first kappa shape index (κ1) is 8.66. The average Bonchev–Trinajstić information content (AvgIpc) is 2.50. The van der Waals surface area contributed by atoms with Gasteiger partial charge in [0.1, 0.15) is 4.88 Å². The van der Waals surface area contributed by atoms with Crippen molar-refractivity contribution < 1.29 is 19.4 Å². The number of aliphatic carboxylic acids is 1. The van der Waals surface area contributed by atoms with Crippen LogP contribution in [0.3, 0.4) is 0 Å². The summed E-state index contributed by atoms with van der Waals surface area (Å²) in [6.45, 7) is 0. The van der Waals surface area contributed by atoms with Crippen LogP contribution in [0.2, 0.25) is 0 Å². The molecule has 12 heavy (non-hydrogen) atoms. The lowest BCUT2D eigenvalue weighted by Gasteiger charge is -1.87. The van der Waals surface area contributed by atoms with Crippen LogP contribution < -0.4 is 4.74 Å². The number of aromatic nitrogens is 1. The van der Waals surface area contributed by atoms with Gasteiger partial charge in [0, 0.05) is 0 Å². The summed E-state index contributed by atoms with van der Waals surface area (Å²) >= 11 is 0.906. The van der Waals surface area contributed by atoms with Gasteiger partial charge in [-0.05, 0) is 0 Å². The molecule has 0 fully saturated rings. The van der Waals surface area contributed by atoms with E-state index in [0.29, 0.717) is 0 Å². The van der Waals surface area contributed by atoms with E-state index in [2.05, 4.69) is 9.72 Å². The van der Waals surface area contributed by atoms with Crippen molar-refractivity contribution in [3.05, 3.63) is 11.1 Å². The highest BCUT2D eigenvalue weighted by Gasteiger charge is 2.17. The van der Waals surface area contributed by atoms with Gasteiger partial charge in [0.25, 0.3) is 11.0 Å². The van der Waals surface area contributed by atoms with E-state index in [-0.39, 0.29) is 10.1 Å². The highest BCUT2D eigenvalue weighted by Crippen LogP contribution is 2.19. The Morgan fingerprint density at radius 3 is 2.75 bits per heavy atom. The van der Waals surface area contributed by atoms with Crippen molar-refractivity contribution in [3.8, 4) is 5.19 Å². The van der Waals surface area contributed by atoms with Crippen LogP contribution in [0.5, 0.6) is 5.19 Å². The summed E-state index contributed by atoms with van der Waals surface area (Å²) in [5.41, 5.74) is 0. The normalized spacial score (nSPS) is 9.42. The number of ether oxygens (including phenoxy) is 1. The number of thiazole rings is 1. The second kappa shape index (κ2) is 3.31. The number of hydrogen-bond acceptors (Lipinski definition) is 5. The van der Waals surface area contributed by atoms with Crippen molar-refractivity contribution in [1.82, 2.24) is 4.98 Å². The SMILES string of the molecule is COc1ncc(C(=O)C(=O)O)s1. The lowest BCUT2D eigenvalue weighted by molar-refractivity contribution is -0.131. The molecule has 6 heteroatoms. The zero-order valence-electron chi connectivity index (χ0n) is 6.10. The van der Waals surface area contributed by atoms with E-state index in [0.717, 1.165) is 11.3 Å². The molecule has 5 nitrogen and oxygen atoms in total. The number of Topliss-reactive ketones (excluding diaryl/α,β-unsaturated/α-hetero) is 1. The van der Waals surface area contributed by atoms with E-state index < -0.39 is 11.8 Å². The fourth-order valence-corrected chi connectivity index (χ4v) is 1.23. The maximum atomic E-state index is 10.8. The topological polar surface area (TPSA) is 76.5 Å². The van der Waals surface area contributed by atoms with Crippen LogP contribution >= 0.6 is 11.3 Å². The molecule has 1 heterocycles. The van der Waals surface area contributed by atoms with Crippen LogP contribution in [0.4, 0.5) is 0 Å². The molecule has 0 spiro atoms. The van der Waals surface area contributed by atoms with Crippen molar-refractivity contribution in [2.75, 3.05) is 7.11 Å². The first-order chi connectivity index (χ1) is 5.65. The lowest BCUT2D eigenvalue weighted by Crippen LogP contribution is -2.10. The standard InChI is InChI=1S/C6H5NO4S/c1-11-6-7-2-3(12-6)4(8)5(9)10/h2H,1H3,(H,9,10). The Hall–Kier alpha value is -1.43. The number of carbonyl (C=O) groups excluding carboxylic acids is 1. The van der Waals surface area contributed by atoms with Gasteiger partial charge < -0.3 is 9.84 Å². The van der Waals surface area contributed by atoms with E-state index in [1.165, 1.54) is 13.3 Å². The van der Waals surface area contributed by atoms with Gasteiger partial charge in [-0.15, -0.1) is 0 Å². The molecule has 0 aliphatic heterocycles. The summed E-state index contributed by atoms with van der Waals surface area (Å²) in [4.78, 5) is 24.7. The van der Waals surface area contributed by atoms with Gasteiger partial charge >= 0.3 is 5.97 Å². The first-order valence-electron chi connectivity index (χ1n) is 2.92. The van der Waals surface area contributed by atoms with Gasteiger partial charge in [-0.1, -0.05) is 11.3 Å². The summed E-state index contributed by atoms with van der Waals surface area (Å²) in [6, 6.07) is 0. The molecule has 0 amide bonds. The Bertz CT molecular complexity index is 319. The fraction of sp³-hybridized carbons (Fsp3) is 0.167. The summed E-state index contributed by atoms with van der Waals surface area (Å²) in [5, 5.41) is 8.58. The third-order valence-corrected chi connectivity index (χ3v) is 2.03. The van der Waals surface area contributed by atoms with Gasteiger partial charge in [-0.2, -0.15) is 0 Å². The monoisotopic (exact) mass is 187 g/mol. The Kier molecular flexibility index (Phi) is 2.39. The van der Waals surface area contributed by atoms with Gasteiger partial charge in [0.05, 0.1) is 13.3 Å². The van der Waals surface area contributed by atoms with Crippen molar-refractivity contribution >= 4 is 23.1 Å². The molecule has 64 valence electrons. The zero-order valence-corrected chi connectivity index (χ0v) is 6.92. The van der Waals surface area contributed by atoms with Crippen molar-refractivity contribution in [2.45, 2.75) is 0 Å². The van der Waals surface area contributed by atoms with E-state index in [9.17, 15) is 9.59 Å². The van der Waals surface area contributed by atoms with E-state index in [4.69, 9.17) is 5.11 Å². The van der Waals surface area contributed by atoms with E-state index in [1.54, 1.807) is 0 Å². The number of nitrogens with zero attached hydrogens (tertiary/aromatic N) is 1. The van der Waals surface area contributed by atoms with Crippen LogP contribution in [0, 0.1) is 0 Å². The van der Waals surface area contributed by atoms with Crippen LogP contribution in [0.25, 0.3) is 0 Å². The number of carboxylic acids is 1. The maximum Gasteiger partial charge on any atom is 0.378 e. The molecule has 0 saturated heterocycles. The van der Waals surface area contributed by atoms with Crippen molar-refractivity contribution in [3.63, 3.8) is 0 Å². The van der Waals surface area contributed by atoms with E-state index >= 15 is 0 Å². The molecular formula is C6H5NO4S. The van der Waals surface area contributed by atoms with Gasteiger partial charge in [-0.3, -0.25) is 4.79 Å². The molecule has 0 aromatic carbocycles. The predicted octanol–water partition coefficient (Wildman–Crippen LogP) is 0.419. The number of ketones is 1. The molecular weight excluding hydrogens is 182 g/mol. The number of carboxylic acid groups (broad SMARTS) is 1. The molecule has 0 unspecified atom stereocenters. The molecule has 0 radical (unpaired) electrons. The largest absolute Gasteiger partial charge is 0.475 e. The Labute approximate surface area is 71.6 Å². The quantitative estimate of drug-likeness (QED) is 0.548. The fourth-order valence-electron chi connectivity index (χ4n) is 0.563. The Morgan fingerprint density at radius 1 is 1.67 bits per heavy atom. The van der Waals surface area contributed by atoms with Gasteiger partial charge in [0.2, 0.25) is 0 Å². The molecule has 0 saturated carbocycles. The van der Waals surface area contributed by atoms with E-state index in [1.807, 2.05) is 0 Å². The molecule has 1 N–H and O–H groups in total. The summed E-state index contributed by atoms with van der Waals surface area (Å²) < 4.78 is 4.69. The van der Waals surface area contributed by atoms with Gasteiger partial charge in [0.15, 0.2) is 0 Å². The minimum absolute atomic E-state index is 0.0688. The molecule has 0 aliphatic carbocycles. The molecule has 0 atom stereocenters. The zero-order chi connectivity index (χ0) is 9.14. The van der Waals surface area contributed by atoms with Crippen LogP contribution in [-0.2, 0) is 4.79 Å². The third-order valence-electron chi connectivity index (χ3n) is 1.08. The smallest absolute Gasteiger partial charge is 0.378 e. The number of methoxy groups -OCH3 is 1. The Morgan fingerprint density at radius 2 is 2.33 bits per heavy atom. The molecule has 1 rings (SSSR count). The molecule has 1 aromatic rings. The number of carbonyl (C=O) groups is 2. The molecule has 0 bridgehead atoms. The minimum atomic E-state index is -1.48. The summed E-state index contributed by atoms with van der Waals surface area (Å²) in [5.74, 6) is -2.45. The van der Waals surface area contributed by atoms with Crippen LogP contribution in [-0.4, -0.2) is 29.0 Å². The Balaban J connectivity index is 2.89. The maximum absolute atomic E-state index is 10.8. The lowest BCUT2D eigenvalue weighted by atomic mass is 10.4. The van der Waals surface area contributed by atoms with Crippen molar-refractivity contribution in [2.24, 2.45) is 0 Å². The highest BCUT2D eigenvalue weighted by atomic mass is 32.1. The molecule has 0 aliphatic rings. The van der Waals surface area contributed by atoms with Crippen LogP contribution in [0.1, 0.15) is 9.67 Å².